The molecule has 1 rings (SSSR count). The third kappa shape index (κ3) is 8.05. The summed E-state index contributed by atoms with van der Waals surface area (Å²) in [6.45, 7) is 5.23. The summed E-state index contributed by atoms with van der Waals surface area (Å²) in [5.41, 5.74) is 1.86. The molecule has 0 radical (unpaired) electrons. The van der Waals surface area contributed by atoms with E-state index in [1.807, 2.05) is 18.2 Å². The lowest BCUT2D eigenvalue weighted by Gasteiger charge is -2.25. The van der Waals surface area contributed by atoms with E-state index in [1.54, 1.807) is 5.32 Å². The van der Waals surface area contributed by atoms with Crippen LogP contribution in [-0.2, 0) is 16.1 Å². The van der Waals surface area contributed by atoms with E-state index in [1.165, 1.54) is 12.8 Å². The SMILES string of the molecule is CCCC(C)N(C)Cc1cc(Br)ccc1C=O.O=CNC=O. The molecule has 0 saturated heterocycles. The Morgan fingerprint density at radius 3 is 2.36 bits per heavy atom. The van der Waals surface area contributed by atoms with E-state index in [-0.39, 0.29) is 0 Å². The summed E-state index contributed by atoms with van der Waals surface area (Å²) in [6.07, 6.45) is 3.92. The van der Waals surface area contributed by atoms with Gasteiger partial charge in [0.25, 0.3) is 0 Å². The molecule has 0 aliphatic rings. The van der Waals surface area contributed by atoms with Gasteiger partial charge in [-0.2, -0.15) is 0 Å². The van der Waals surface area contributed by atoms with Crippen LogP contribution in [0.3, 0.4) is 0 Å². The van der Waals surface area contributed by atoms with Gasteiger partial charge in [0, 0.05) is 22.6 Å². The summed E-state index contributed by atoms with van der Waals surface area (Å²) in [6, 6.07) is 6.34. The maximum absolute atomic E-state index is 11.0. The second-order valence-electron chi connectivity index (χ2n) is 4.92. The average molecular weight is 371 g/mol. The Balaban J connectivity index is 0.000000763. The zero-order chi connectivity index (χ0) is 17.0. The molecule has 0 spiro atoms. The first-order valence-corrected chi connectivity index (χ1v) is 7.86. The highest BCUT2D eigenvalue weighted by Gasteiger charge is 2.11. The second-order valence-corrected chi connectivity index (χ2v) is 5.83. The summed E-state index contributed by atoms with van der Waals surface area (Å²) in [5, 5.41) is 1.75. The maximum Gasteiger partial charge on any atom is 0.213 e. The predicted molar refractivity (Wildman–Crippen MR) is 90.6 cm³/mol. The molecule has 122 valence electrons. The Hall–Kier alpha value is -1.53. The third-order valence-electron chi connectivity index (χ3n) is 3.25. The number of hydrogen-bond acceptors (Lipinski definition) is 4. The van der Waals surface area contributed by atoms with Crippen molar-refractivity contribution in [2.75, 3.05) is 7.05 Å². The summed E-state index contributed by atoms with van der Waals surface area (Å²) >= 11 is 3.45. The summed E-state index contributed by atoms with van der Waals surface area (Å²) < 4.78 is 1.02. The molecule has 1 unspecified atom stereocenters. The number of halogens is 1. The number of nitrogens with zero attached hydrogens (tertiary/aromatic N) is 1. The van der Waals surface area contributed by atoms with Crippen molar-refractivity contribution in [2.45, 2.75) is 39.3 Å². The Bertz CT molecular complexity index is 474. The van der Waals surface area contributed by atoms with Gasteiger partial charge in [0.2, 0.25) is 12.8 Å². The monoisotopic (exact) mass is 370 g/mol. The number of imide groups is 1. The van der Waals surface area contributed by atoms with Crippen LogP contribution >= 0.6 is 15.9 Å². The molecule has 0 heterocycles. The quantitative estimate of drug-likeness (QED) is 0.714. The zero-order valence-electron chi connectivity index (χ0n) is 13.2. The van der Waals surface area contributed by atoms with Crippen LogP contribution in [0.15, 0.2) is 22.7 Å². The van der Waals surface area contributed by atoms with E-state index >= 15 is 0 Å². The molecule has 2 amide bonds. The van der Waals surface area contributed by atoms with Crippen molar-refractivity contribution in [3.8, 4) is 0 Å². The topological polar surface area (TPSA) is 66.5 Å². The minimum atomic E-state index is 0.312. The van der Waals surface area contributed by atoms with E-state index in [0.29, 0.717) is 18.9 Å². The van der Waals surface area contributed by atoms with Gasteiger partial charge in [-0.05, 0) is 38.1 Å². The summed E-state index contributed by atoms with van der Waals surface area (Å²) in [5.74, 6) is 0. The smallest absolute Gasteiger partial charge is 0.213 e. The van der Waals surface area contributed by atoms with Crippen LogP contribution in [0.4, 0.5) is 0 Å². The molecule has 1 aromatic rings. The molecule has 1 atom stereocenters. The van der Waals surface area contributed by atoms with E-state index in [4.69, 9.17) is 9.59 Å². The zero-order valence-corrected chi connectivity index (χ0v) is 14.8. The van der Waals surface area contributed by atoms with Crippen LogP contribution in [0.5, 0.6) is 0 Å². The Morgan fingerprint density at radius 1 is 1.27 bits per heavy atom. The number of hydrogen-bond donors (Lipinski definition) is 1. The van der Waals surface area contributed by atoms with Crippen molar-refractivity contribution in [1.29, 1.82) is 0 Å². The molecule has 1 N–H and O–H groups in total. The highest BCUT2D eigenvalue weighted by atomic mass is 79.9. The van der Waals surface area contributed by atoms with Crippen LogP contribution in [0.1, 0.15) is 42.6 Å². The minimum absolute atomic E-state index is 0.312. The first-order valence-electron chi connectivity index (χ1n) is 7.07. The van der Waals surface area contributed by atoms with Crippen molar-refractivity contribution >= 4 is 35.0 Å². The first-order chi connectivity index (χ1) is 10.5. The Morgan fingerprint density at radius 2 is 1.91 bits per heavy atom. The van der Waals surface area contributed by atoms with E-state index < -0.39 is 0 Å². The van der Waals surface area contributed by atoms with Gasteiger partial charge in [0.05, 0.1) is 0 Å². The molecule has 0 bridgehead atoms. The Kier molecular flexibility index (Phi) is 11.2. The molecule has 0 saturated carbocycles. The van der Waals surface area contributed by atoms with Crippen molar-refractivity contribution in [3.05, 3.63) is 33.8 Å². The van der Waals surface area contributed by atoms with Gasteiger partial charge in [-0.15, -0.1) is 0 Å². The fourth-order valence-corrected chi connectivity index (χ4v) is 2.33. The number of carbonyl (C=O) groups excluding carboxylic acids is 3. The van der Waals surface area contributed by atoms with Crippen LogP contribution in [-0.4, -0.2) is 37.1 Å². The molecule has 0 aromatic heterocycles. The van der Waals surface area contributed by atoms with Gasteiger partial charge < -0.3 is 5.32 Å². The normalized spacial score (nSPS) is 11.1. The van der Waals surface area contributed by atoms with Crippen LogP contribution in [0.2, 0.25) is 0 Å². The van der Waals surface area contributed by atoms with E-state index in [2.05, 4.69) is 41.7 Å². The van der Waals surface area contributed by atoms with Crippen molar-refractivity contribution in [3.63, 3.8) is 0 Å². The second kappa shape index (κ2) is 12.1. The fraction of sp³-hybridized carbons (Fsp3) is 0.438. The van der Waals surface area contributed by atoms with Crippen LogP contribution < -0.4 is 5.32 Å². The van der Waals surface area contributed by atoms with Gasteiger partial charge >= 0.3 is 0 Å². The number of aldehydes is 1. The lowest BCUT2D eigenvalue weighted by atomic mass is 10.1. The van der Waals surface area contributed by atoms with E-state index in [0.717, 1.165) is 28.4 Å². The van der Waals surface area contributed by atoms with Crippen molar-refractivity contribution in [1.82, 2.24) is 10.2 Å². The summed E-state index contributed by atoms with van der Waals surface area (Å²) in [4.78, 5) is 31.4. The number of benzene rings is 1. The van der Waals surface area contributed by atoms with Gasteiger partial charge in [0.1, 0.15) is 6.29 Å². The number of amides is 2. The standard InChI is InChI=1S/C14H20BrNO.C2H3NO2/c1-4-5-11(2)16(3)9-13-8-14(15)7-6-12(13)10-17;4-1-3-2-5/h6-8,10-11H,4-5,9H2,1-3H3;1-2H,(H,3,4,5). The number of nitrogens with one attached hydrogen (secondary N) is 1. The van der Waals surface area contributed by atoms with Crippen LogP contribution in [0.25, 0.3) is 0 Å². The van der Waals surface area contributed by atoms with E-state index in [9.17, 15) is 4.79 Å². The minimum Gasteiger partial charge on any atom is -0.302 e. The first kappa shape index (κ1) is 20.5. The maximum atomic E-state index is 11.0. The fourth-order valence-electron chi connectivity index (χ4n) is 1.92. The van der Waals surface area contributed by atoms with Gasteiger partial charge in [0.15, 0.2) is 0 Å². The molecular formula is C16H23BrN2O3. The molecular weight excluding hydrogens is 348 g/mol. The van der Waals surface area contributed by atoms with Crippen LogP contribution in [0, 0.1) is 0 Å². The predicted octanol–water partition coefficient (Wildman–Crippen LogP) is 2.77. The average Bonchev–Trinajstić information content (AvgIpc) is 2.49. The Labute approximate surface area is 140 Å². The number of carbonyl (C=O) groups is 3. The lowest BCUT2D eigenvalue weighted by molar-refractivity contribution is -0.117. The van der Waals surface area contributed by atoms with Crippen molar-refractivity contribution in [2.24, 2.45) is 0 Å². The molecule has 0 fully saturated rings. The molecule has 0 aliphatic heterocycles. The van der Waals surface area contributed by atoms with Gasteiger partial charge in [-0.3, -0.25) is 19.3 Å². The number of rotatable bonds is 8. The van der Waals surface area contributed by atoms with Gasteiger partial charge in [-0.25, -0.2) is 0 Å². The largest absolute Gasteiger partial charge is 0.302 e. The highest BCUT2D eigenvalue weighted by molar-refractivity contribution is 9.10. The van der Waals surface area contributed by atoms with Gasteiger partial charge in [-0.1, -0.05) is 35.3 Å². The molecule has 22 heavy (non-hydrogen) atoms. The molecule has 5 nitrogen and oxygen atoms in total. The third-order valence-corrected chi connectivity index (χ3v) is 3.74. The molecule has 1 aromatic carbocycles. The molecule has 0 aliphatic carbocycles. The lowest BCUT2D eigenvalue weighted by Crippen LogP contribution is -2.28. The molecule has 6 heteroatoms. The highest BCUT2D eigenvalue weighted by Crippen LogP contribution is 2.18. The van der Waals surface area contributed by atoms with Crippen molar-refractivity contribution < 1.29 is 14.4 Å². The summed E-state index contributed by atoms with van der Waals surface area (Å²) in [7, 11) is 2.11.